The van der Waals surface area contributed by atoms with E-state index in [1.165, 1.54) is 4.31 Å². The van der Waals surface area contributed by atoms with Gasteiger partial charge in [0, 0.05) is 35.9 Å². The molecule has 20 heavy (non-hydrogen) atoms. The number of fused-ring (bicyclic) bond motifs is 1. The second-order valence-corrected chi connectivity index (χ2v) is 7.51. The summed E-state index contributed by atoms with van der Waals surface area (Å²) in [6.07, 6.45) is 2.40. The Morgan fingerprint density at radius 2 is 2.05 bits per heavy atom. The van der Waals surface area contributed by atoms with E-state index in [-0.39, 0.29) is 0 Å². The van der Waals surface area contributed by atoms with E-state index in [4.69, 9.17) is 0 Å². The zero-order valence-electron chi connectivity index (χ0n) is 10.7. The predicted molar refractivity (Wildman–Crippen MR) is 79.7 cm³/mol. The summed E-state index contributed by atoms with van der Waals surface area (Å²) < 4.78 is 27.5. The summed E-state index contributed by atoms with van der Waals surface area (Å²) in [5.41, 5.74) is 1.98. The monoisotopic (exact) mass is 352 g/mol. The number of rotatable bonds is 2. The molecule has 0 saturated heterocycles. The Morgan fingerprint density at radius 1 is 1.20 bits per heavy atom. The van der Waals surface area contributed by atoms with Crippen LogP contribution in [0, 0.1) is 0 Å². The molecule has 0 spiro atoms. The van der Waals surface area contributed by atoms with Gasteiger partial charge in [0.15, 0.2) is 0 Å². The molecule has 0 unspecified atom stereocenters. The fourth-order valence-corrected chi connectivity index (χ4v) is 4.34. The highest BCUT2D eigenvalue weighted by molar-refractivity contribution is 9.10. The third-order valence-corrected chi connectivity index (χ3v) is 5.70. The number of sulfonamides is 1. The lowest BCUT2D eigenvalue weighted by atomic mass is 10.1. The van der Waals surface area contributed by atoms with Gasteiger partial charge in [-0.05, 0) is 29.8 Å². The van der Waals surface area contributed by atoms with Crippen molar-refractivity contribution in [3.05, 3.63) is 58.3 Å². The van der Waals surface area contributed by atoms with E-state index >= 15 is 0 Å². The smallest absolute Gasteiger partial charge is 0.243 e. The van der Waals surface area contributed by atoms with Gasteiger partial charge in [-0.1, -0.05) is 28.1 Å². The van der Waals surface area contributed by atoms with Gasteiger partial charge in [0.05, 0.1) is 4.90 Å². The van der Waals surface area contributed by atoms with Crippen molar-refractivity contribution in [1.29, 1.82) is 0 Å². The zero-order valence-corrected chi connectivity index (χ0v) is 13.1. The fourth-order valence-electron chi connectivity index (χ4n) is 2.32. The average Bonchev–Trinajstić information content (AvgIpc) is 2.46. The molecule has 0 N–H and O–H groups in total. The molecule has 4 nitrogen and oxygen atoms in total. The number of halogens is 1. The number of hydrogen-bond donors (Lipinski definition) is 0. The van der Waals surface area contributed by atoms with E-state index in [0.29, 0.717) is 24.4 Å². The van der Waals surface area contributed by atoms with Crippen LogP contribution in [0.3, 0.4) is 0 Å². The summed E-state index contributed by atoms with van der Waals surface area (Å²) in [5.74, 6) is 0. The van der Waals surface area contributed by atoms with Crippen LogP contribution in [-0.4, -0.2) is 24.3 Å². The molecule has 0 bridgehead atoms. The molecular formula is C14H13BrN2O2S. The molecule has 1 aliphatic rings. The fraction of sp³-hybridized carbons (Fsp3) is 0.214. The van der Waals surface area contributed by atoms with Crippen molar-refractivity contribution in [2.24, 2.45) is 0 Å². The molecule has 1 aromatic heterocycles. The molecule has 0 saturated carbocycles. The minimum Gasteiger partial charge on any atom is -0.261 e. The van der Waals surface area contributed by atoms with Gasteiger partial charge in [-0.25, -0.2) is 8.42 Å². The number of pyridine rings is 1. The van der Waals surface area contributed by atoms with Gasteiger partial charge >= 0.3 is 0 Å². The first-order chi connectivity index (χ1) is 9.57. The van der Waals surface area contributed by atoms with Crippen molar-refractivity contribution >= 4 is 26.0 Å². The highest BCUT2D eigenvalue weighted by Gasteiger charge is 2.28. The highest BCUT2D eigenvalue weighted by Crippen LogP contribution is 2.25. The summed E-state index contributed by atoms with van der Waals surface area (Å²) >= 11 is 3.31. The van der Waals surface area contributed by atoms with Crippen LogP contribution in [0.1, 0.15) is 11.3 Å². The van der Waals surface area contributed by atoms with Crippen molar-refractivity contribution in [3.8, 4) is 0 Å². The Hall–Kier alpha value is -1.24. The first kappa shape index (κ1) is 13.7. The Labute approximate surface area is 126 Å². The van der Waals surface area contributed by atoms with E-state index < -0.39 is 10.0 Å². The molecule has 6 heteroatoms. The lowest BCUT2D eigenvalue weighted by molar-refractivity contribution is 0.388. The number of hydrogen-bond acceptors (Lipinski definition) is 3. The Kier molecular flexibility index (Phi) is 3.62. The van der Waals surface area contributed by atoms with Crippen LogP contribution in [0.2, 0.25) is 0 Å². The van der Waals surface area contributed by atoms with E-state index in [1.54, 1.807) is 24.4 Å². The van der Waals surface area contributed by atoms with Crippen LogP contribution >= 0.6 is 15.9 Å². The second-order valence-electron chi connectivity index (χ2n) is 4.66. The maximum absolute atomic E-state index is 12.6. The molecule has 0 radical (unpaired) electrons. The van der Waals surface area contributed by atoms with Gasteiger partial charge in [0.25, 0.3) is 0 Å². The SMILES string of the molecule is O=S(=O)(c1cccc(Br)c1)N1CCc2ncccc2C1. The van der Waals surface area contributed by atoms with Crippen LogP contribution in [0.25, 0.3) is 0 Å². The largest absolute Gasteiger partial charge is 0.261 e. The lowest BCUT2D eigenvalue weighted by Gasteiger charge is -2.27. The summed E-state index contributed by atoms with van der Waals surface area (Å²) in [6, 6.07) is 10.6. The molecule has 2 aromatic rings. The maximum atomic E-state index is 12.6. The topological polar surface area (TPSA) is 50.3 Å². The predicted octanol–water partition coefficient (Wildman–Crippen LogP) is 2.59. The van der Waals surface area contributed by atoms with Gasteiger partial charge in [-0.3, -0.25) is 4.98 Å². The number of aromatic nitrogens is 1. The van der Waals surface area contributed by atoms with Crippen LogP contribution in [0.4, 0.5) is 0 Å². The quantitative estimate of drug-likeness (QED) is 0.834. The first-order valence-electron chi connectivity index (χ1n) is 6.26. The van der Waals surface area contributed by atoms with E-state index in [0.717, 1.165) is 15.7 Å². The van der Waals surface area contributed by atoms with Crippen molar-refractivity contribution < 1.29 is 8.42 Å². The summed E-state index contributed by atoms with van der Waals surface area (Å²) in [5, 5.41) is 0. The lowest BCUT2D eigenvalue weighted by Crippen LogP contribution is -2.36. The van der Waals surface area contributed by atoms with Crippen LogP contribution < -0.4 is 0 Å². The minimum atomic E-state index is -3.45. The summed E-state index contributed by atoms with van der Waals surface area (Å²) in [6.45, 7) is 0.858. The molecule has 0 aliphatic carbocycles. The Balaban J connectivity index is 1.94. The van der Waals surface area contributed by atoms with Gasteiger partial charge in [0.2, 0.25) is 10.0 Å². The van der Waals surface area contributed by atoms with E-state index in [9.17, 15) is 8.42 Å². The molecular weight excluding hydrogens is 340 g/mol. The Morgan fingerprint density at radius 3 is 2.85 bits per heavy atom. The molecule has 0 atom stereocenters. The molecule has 1 aromatic carbocycles. The van der Waals surface area contributed by atoms with E-state index in [1.807, 2.05) is 18.2 Å². The third-order valence-electron chi connectivity index (χ3n) is 3.36. The van der Waals surface area contributed by atoms with E-state index in [2.05, 4.69) is 20.9 Å². The second kappa shape index (κ2) is 5.27. The minimum absolute atomic E-state index is 0.319. The van der Waals surface area contributed by atoms with Crippen LogP contribution in [0.5, 0.6) is 0 Å². The van der Waals surface area contributed by atoms with Crippen molar-refractivity contribution in [2.75, 3.05) is 6.54 Å². The van der Waals surface area contributed by atoms with Crippen LogP contribution in [0.15, 0.2) is 52.0 Å². The molecule has 3 rings (SSSR count). The van der Waals surface area contributed by atoms with Crippen LogP contribution in [-0.2, 0) is 23.0 Å². The van der Waals surface area contributed by atoms with Crippen molar-refractivity contribution in [2.45, 2.75) is 17.9 Å². The standard InChI is InChI=1S/C14H13BrN2O2S/c15-12-4-1-5-13(9-12)20(18,19)17-8-6-14-11(10-17)3-2-7-16-14/h1-5,7,9H,6,8,10H2. The molecule has 1 aliphatic heterocycles. The van der Waals surface area contributed by atoms with Gasteiger partial charge in [-0.15, -0.1) is 0 Å². The van der Waals surface area contributed by atoms with Gasteiger partial charge in [-0.2, -0.15) is 4.31 Å². The molecule has 2 heterocycles. The van der Waals surface area contributed by atoms with Gasteiger partial charge < -0.3 is 0 Å². The molecule has 0 fully saturated rings. The number of benzene rings is 1. The third kappa shape index (κ3) is 2.51. The summed E-state index contributed by atoms with van der Waals surface area (Å²) in [7, 11) is -3.45. The molecule has 0 amide bonds. The van der Waals surface area contributed by atoms with Crippen molar-refractivity contribution in [1.82, 2.24) is 9.29 Å². The summed E-state index contributed by atoms with van der Waals surface area (Å²) in [4.78, 5) is 4.61. The maximum Gasteiger partial charge on any atom is 0.243 e. The highest BCUT2D eigenvalue weighted by atomic mass is 79.9. The average molecular weight is 353 g/mol. The number of nitrogens with zero attached hydrogens (tertiary/aromatic N) is 2. The Bertz CT molecular complexity index is 746. The zero-order chi connectivity index (χ0) is 14.2. The molecule has 104 valence electrons. The van der Waals surface area contributed by atoms with Crippen molar-refractivity contribution in [3.63, 3.8) is 0 Å². The van der Waals surface area contributed by atoms with Gasteiger partial charge in [0.1, 0.15) is 0 Å². The first-order valence-corrected chi connectivity index (χ1v) is 8.49. The normalized spacial score (nSPS) is 15.8.